The van der Waals surface area contributed by atoms with Gasteiger partial charge in [0.05, 0.1) is 0 Å². The topological polar surface area (TPSA) is 69.4 Å². The molecular weight excluding hydrogens is 190 g/mol. The summed E-state index contributed by atoms with van der Waals surface area (Å²) in [5.74, 6) is -1.14. The molecule has 5 heteroatoms. The van der Waals surface area contributed by atoms with Crippen molar-refractivity contribution in [3.05, 3.63) is 21.9 Å². The number of rotatable bonds is 3. The maximum Gasteiger partial charge on any atom is 0.349 e. The van der Waals surface area contributed by atoms with Gasteiger partial charge in [-0.05, 0) is 23.9 Å². The molecule has 0 atom stereocenters. The molecule has 0 aliphatic heterocycles. The largest absolute Gasteiger partial charge is 0.451 e. The van der Waals surface area contributed by atoms with Crippen molar-refractivity contribution < 1.29 is 14.3 Å². The van der Waals surface area contributed by atoms with Crippen LogP contribution in [0.1, 0.15) is 15.2 Å². The van der Waals surface area contributed by atoms with Crippen molar-refractivity contribution in [2.75, 3.05) is 6.61 Å². The second-order valence-electron chi connectivity index (χ2n) is 2.48. The highest BCUT2D eigenvalue weighted by atomic mass is 32.1. The standard InChI is InChI=1S/C8H9NO3S/c1-5-2-3-13-7(5)8(11)12-4-6(9)10/h2-3H,4H2,1H3,(H2,9,10). The van der Waals surface area contributed by atoms with E-state index in [0.29, 0.717) is 4.88 Å². The van der Waals surface area contributed by atoms with E-state index in [4.69, 9.17) is 5.73 Å². The first-order chi connectivity index (χ1) is 6.11. The molecule has 1 rings (SSSR count). The Morgan fingerprint density at radius 3 is 2.77 bits per heavy atom. The summed E-state index contributed by atoms with van der Waals surface area (Å²) in [7, 11) is 0. The number of ether oxygens (including phenoxy) is 1. The molecule has 1 amide bonds. The molecule has 0 bridgehead atoms. The summed E-state index contributed by atoms with van der Waals surface area (Å²) in [4.78, 5) is 22.0. The Labute approximate surface area is 79.3 Å². The number of carbonyl (C=O) groups is 2. The minimum atomic E-state index is -0.650. The zero-order valence-corrected chi connectivity index (χ0v) is 7.89. The molecule has 0 spiro atoms. The van der Waals surface area contributed by atoms with Crippen molar-refractivity contribution >= 4 is 23.2 Å². The molecule has 0 unspecified atom stereocenters. The van der Waals surface area contributed by atoms with E-state index in [1.54, 1.807) is 12.3 Å². The average Bonchev–Trinajstić information content (AvgIpc) is 2.47. The minimum absolute atomic E-state index is 0.365. The Morgan fingerprint density at radius 2 is 2.31 bits per heavy atom. The highest BCUT2D eigenvalue weighted by molar-refractivity contribution is 7.12. The zero-order chi connectivity index (χ0) is 9.84. The van der Waals surface area contributed by atoms with Crippen LogP contribution in [-0.2, 0) is 9.53 Å². The van der Waals surface area contributed by atoms with E-state index < -0.39 is 11.9 Å². The number of hydrogen-bond acceptors (Lipinski definition) is 4. The molecule has 70 valence electrons. The summed E-state index contributed by atoms with van der Waals surface area (Å²) < 4.78 is 4.63. The lowest BCUT2D eigenvalue weighted by Gasteiger charge is -2.00. The van der Waals surface area contributed by atoms with E-state index in [-0.39, 0.29) is 6.61 Å². The van der Waals surface area contributed by atoms with Gasteiger partial charge in [-0.3, -0.25) is 4.79 Å². The van der Waals surface area contributed by atoms with Crippen LogP contribution in [0.2, 0.25) is 0 Å². The number of nitrogens with two attached hydrogens (primary N) is 1. The number of aryl methyl sites for hydroxylation is 1. The summed E-state index contributed by atoms with van der Waals surface area (Å²) >= 11 is 1.28. The molecule has 1 aromatic heterocycles. The van der Waals surface area contributed by atoms with Crippen molar-refractivity contribution in [1.82, 2.24) is 0 Å². The predicted molar refractivity (Wildman–Crippen MR) is 48.5 cm³/mol. The van der Waals surface area contributed by atoms with Crippen LogP contribution in [0.4, 0.5) is 0 Å². The lowest BCUT2D eigenvalue weighted by Crippen LogP contribution is -2.20. The first-order valence-electron chi connectivity index (χ1n) is 3.61. The molecule has 0 aromatic carbocycles. The summed E-state index contributed by atoms with van der Waals surface area (Å²) in [5.41, 5.74) is 5.67. The normalized spacial score (nSPS) is 9.62. The van der Waals surface area contributed by atoms with Crippen LogP contribution in [0, 0.1) is 6.92 Å². The van der Waals surface area contributed by atoms with Gasteiger partial charge < -0.3 is 10.5 Å². The van der Waals surface area contributed by atoms with Crippen molar-refractivity contribution in [2.24, 2.45) is 5.73 Å². The van der Waals surface area contributed by atoms with Gasteiger partial charge >= 0.3 is 5.97 Å². The molecule has 2 N–H and O–H groups in total. The van der Waals surface area contributed by atoms with Gasteiger partial charge in [0.25, 0.3) is 5.91 Å². The van der Waals surface area contributed by atoms with Gasteiger partial charge in [0.15, 0.2) is 6.61 Å². The van der Waals surface area contributed by atoms with Gasteiger partial charge in [0.1, 0.15) is 4.88 Å². The van der Waals surface area contributed by atoms with Gasteiger partial charge in [-0.15, -0.1) is 11.3 Å². The monoisotopic (exact) mass is 199 g/mol. The molecule has 1 heterocycles. The Balaban J connectivity index is 2.59. The summed E-state index contributed by atoms with van der Waals surface area (Å²) in [5, 5.41) is 1.79. The van der Waals surface area contributed by atoms with Crippen LogP contribution in [-0.4, -0.2) is 18.5 Å². The zero-order valence-electron chi connectivity index (χ0n) is 7.07. The first kappa shape index (κ1) is 9.73. The van der Waals surface area contributed by atoms with Gasteiger partial charge in [-0.2, -0.15) is 0 Å². The molecule has 0 aliphatic carbocycles. The van der Waals surface area contributed by atoms with Crippen LogP contribution in [0.5, 0.6) is 0 Å². The summed E-state index contributed by atoms with van der Waals surface area (Å²) in [6, 6.07) is 1.81. The fourth-order valence-corrected chi connectivity index (χ4v) is 1.60. The second-order valence-corrected chi connectivity index (χ2v) is 3.39. The van der Waals surface area contributed by atoms with E-state index >= 15 is 0 Å². The summed E-state index contributed by atoms with van der Waals surface area (Å²) in [6.45, 7) is 1.44. The molecule has 0 radical (unpaired) electrons. The van der Waals surface area contributed by atoms with Gasteiger partial charge in [0.2, 0.25) is 0 Å². The summed E-state index contributed by atoms with van der Waals surface area (Å²) in [6.07, 6.45) is 0. The van der Waals surface area contributed by atoms with E-state index in [1.807, 2.05) is 6.07 Å². The van der Waals surface area contributed by atoms with Gasteiger partial charge in [-0.1, -0.05) is 0 Å². The van der Waals surface area contributed by atoms with Crippen LogP contribution in [0.25, 0.3) is 0 Å². The molecule has 0 saturated heterocycles. The number of thiophene rings is 1. The van der Waals surface area contributed by atoms with Gasteiger partial charge in [0, 0.05) is 0 Å². The number of hydrogen-bond donors (Lipinski definition) is 1. The first-order valence-corrected chi connectivity index (χ1v) is 4.48. The Morgan fingerprint density at radius 1 is 1.62 bits per heavy atom. The van der Waals surface area contributed by atoms with E-state index in [1.165, 1.54) is 11.3 Å². The highest BCUT2D eigenvalue weighted by Crippen LogP contribution is 2.16. The Kier molecular flexibility index (Phi) is 3.02. The Hall–Kier alpha value is -1.36. The van der Waals surface area contributed by atoms with E-state index in [9.17, 15) is 9.59 Å². The van der Waals surface area contributed by atoms with Crippen molar-refractivity contribution in [3.8, 4) is 0 Å². The smallest absolute Gasteiger partial charge is 0.349 e. The van der Waals surface area contributed by atoms with Gasteiger partial charge in [-0.25, -0.2) is 4.79 Å². The third-order valence-corrected chi connectivity index (χ3v) is 2.39. The SMILES string of the molecule is Cc1ccsc1C(=O)OCC(N)=O. The Bertz CT molecular complexity index is 332. The minimum Gasteiger partial charge on any atom is -0.451 e. The van der Waals surface area contributed by atoms with E-state index in [2.05, 4.69) is 4.74 Å². The van der Waals surface area contributed by atoms with E-state index in [0.717, 1.165) is 5.56 Å². The lowest BCUT2D eigenvalue weighted by atomic mass is 10.3. The van der Waals surface area contributed by atoms with Crippen molar-refractivity contribution in [3.63, 3.8) is 0 Å². The van der Waals surface area contributed by atoms with Crippen molar-refractivity contribution in [1.29, 1.82) is 0 Å². The maximum atomic E-state index is 11.2. The van der Waals surface area contributed by atoms with Crippen LogP contribution < -0.4 is 5.73 Å². The number of carbonyl (C=O) groups excluding carboxylic acids is 2. The fraction of sp³-hybridized carbons (Fsp3) is 0.250. The number of esters is 1. The third-order valence-electron chi connectivity index (χ3n) is 1.39. The second kappa shape index (κ2) is 4.04. The third kappa shape index (κ3) is 2.55. The fourth-order valence-electron chi connectivity index (χ4n) is 0.784. The number of primary amides is 1. The van der Waals surface area contributed by atoms with Crippen molar-refractivity contribution in [2.45, 2.75) is 6.92 Å². The molecule has 0 fully saturated rings. The molecule has 0 aliphatic rings. The molecule has 4 nitrogen and oxygen atoms in total. The molecule has 1 aromatic rings. The average molecular weight is 199 g/mol. The predicted octanol–water partition coefficient (Wildman–Crippen LogP) is 0.699. The lowest BCUT2D eigenvalue weighted by molar-refractivity contribution is -0.121. The molecule has 13 heavy (non-hydrogen) atoms. The number of amides is 1. The van der Waals surface area contributed by atoms with Crippen LogP contribution in [0.15, 0.2) is 11.4 Å². The highest BCUT2D eigenvalue weighted by Gasteiger charge is 2.12. The molecular formula is C8H9NO3S. The quantitative estimate of drug-likeness (QED) is 0.728. The van der Waals surface area contributed by atoms with Crippen LogP contribution >= 0.6 is 11.3 Å². The van der Waals surface area contributed by atoms with Crippen LogP contribution in [0.3, 0.4) is 0 Å². The maximum absolute atomic E-state index is 11.2. The molecule has 0 saturated carbocycles.